The number of nitrogens with two attached hydrogens (primary N) is 1. The molecule has 9 heteroatoms. The summed E-state index contributed by atoms with van der Waals surface area (Å²) in [6, 6.07) is 14.5. The summed E-state index contributed by atoms with van der Waals surface area (Å²) in [6.45, 7) is 0.395. The van der Waals surface area contributed by atoms with Crippen molar-refractivity contribution in [2.45, 2.75) is 18.8 Å². The van der Waals surface area contributed by atoms with Gasteiger partial charge in [0.2, 0.25) is 5.95 Å². The third kappa shape index (κ3) is 5.66. The van der Waals surface area contributed by atoms with E-state index in [4.69, 9.17) is 17.3 Å². The lowest BCUT2D eigenvalue weighted by molar-refractivity contribution is 0.282. The molecule has 0 fully saturated rings. The van der Waals surface area contributed by atoms with E-state index in [1.165, 1.54) is 0 Å². The van der Waals surface area contributed by atoms with Crippen LogP contribution in [-0.4, -0.2) is 30.0 Å². The fourth-order valence-corrected chi connectivity index (χ4v) is 3.69. The largest absolute Gasteiger partial charge is 0.392 e. The molecule has 0 bridgehead atoms. The first-order valence-corrected chi connectivity index (χ1v) is 10.7. The lowest BCUT2D eigenvalue weighted by atomic mass is 10.0. The summed E-state index contributed by atoms with van der Waals surface area (Å²) in [6.07, 6.45) is 0.724. The van der Waals surface area contributed by atoms with Crippen LogP contribution < -0.4 is 11.1 Å². The molecule has 0 atom stereocenters. The minimum atomic E-state index is -2.42. The quantitative estimate of drug-likeness (QED) is 0.404. The van der Waals surface area contributed by atoms with E-state index in [9.17, 15) is 13.5 Å². The van der Waals surface area contributed by atoms with E-state index in [0.29, 0.717) is 34.2 Å². The maximum atomic E-state index is 10.8. The fraction of sp³-hybridized carbons (Fsp3) is 0.200. The Morgan fingerprint density at radius 2 is 1.79 bits per heavy atom. The molecule has 1 heterocycles. The van der Waals surface area contributed by atoms with Crippen molar-refractivity contribution in [2.24, 2.45) is 0 Å². The Labute approximate surface area is 175 Å². The van der Waals surface area contributed by atoms with Crippen molar-refractivity contribution < 1.29 is 13.5 Å². The van der Waals surface area contributed by atoms with Gasteiger partial charge in [-0.25, -0.2) is 13.4 Å². The maximum Gasteiger partial charge on any atom is 0.222 e. The summed E-state index contributed by atoms with van der Waals surface area (Å²) in [5, 5.41) is 13.3. The van der Waals surface area contributed by atoms with Crippen molar-refractivity contribution in [1.82, 2.24) is 9.97 Å². The van der Waals surface area contributed by atoms with Gasteiger partial charge in [-0.05, 0) is 23.6 Å². The van der Waals surface area contributed by atoms with Crippen LogP contribution in [0.5, 0.6) is 0 Å². The number of nitrogens with one attached hydrogen (secondary N) is 1. The monoisotopic (exact) mass is 432 g/mol. The highest BCUT2D eigenvalue weighted by atomic mass is 35.5. The summed E-state index contributed by atoms with van der Waals surface area (Å²) in [5.74, 6) is 0.734. The molecule has 0 aliphatic carbocycles. The average Bonchev–Trinajstić information content (AvgIpc) is 2.68. The number of nitrogen functional groups attached to an aromatic ring is 1. The molecule has 0 saturated carbocycles. The summed E-state index contributed by atoms with van der Waals surface area (Å²) in [7, 11) is -2.42. The van der Waals surface area contributed by atoms with E-state index in [2.05, 4.69) is 15.3 Å². The van der Waals surface area contributed by atoms with Gasteiger partial charge in [0.05, 0.1) is 18.1 Å². The minimum Gasteiger partial charge on any atom is -0.392 e. The lowest BCUT2D eigenvalue weighted by Gasteiger charge is -2.12. The Hall–Kier alpha value is -2.68. The van der Waals surface area contributed by atoms with Crippen molar-refractivity contribution >= 4 is 34.1 Å². The molecule has 0 radical (unpaired) electrons. The molecule has 2 aromatic carbocycles. The predicted octanol–water partition coefficient (Wildman–Crippen LogP) is 2.64. The SMILES string of the molecule is Nc1nc(NCCc2ccc(C[SH](=O)=O)cc2)cc(-c2cccc(Cl)c2CO)n1. The number of aromatic nitrogens is 2. The van der Waals surface area contributed by atoms with E-state index in [1.54, 1.807) is 18.2 Å². The van der Waals surface area contributed by atoms with Gasteiger partial charge in [0.25, 0.3) is 0 Å². The summed E-state index contributed by atoms with van der Waals surface area (Å²) in [5.41, 5.74) is 9.55. The van der Waals surface area contributed by atoms with Gasteiger partial charge in [-0.1, -0.05) is 48.0 Å². The summed E-state index contributed by atoms with van der Waals surface area (Å²) in [4.78, 5) is 8.47. The van der Waals surface area contributed by atoms with Crippen molar-refractivity contribution in [3.05, 3.63) is 70.2 Å². The molecule has 0 aliphatic heterocycles. The number of aliphatic hydroxyl groups excluding tert-OH is 1. The van der Waals surface area contributed by atoms with Gasteiger partial charge < -0.3 is 16.2 Å². The Bertz CT molecular complexity index is 1060. The molecule has 0 saturated heterocycles. The molecule has 4 N–H and O–H groups in total. The van der Waals surface area contributed by atoms with Gasteiger partial charge in [-0.15, -0.1) is 0 Å². The standard InChI is InChI=1S/C20H21ClN4O3S/c21-17-3-1-2-15(16(17)11-26)18-10-19(25-20(22)24-18)23-9-8-13-4-6-14(7-5-13)12-29(27)28/h1-7,10,26,29H,8-9,11-12H2,(H3,22,23,24,25). The summed E-state index contributed by atoms with van der Waals surface area (Å²) >= 11 is 6.17. The molecule has 0 aliphatic rings. The normalized spacial score (nSPS) is 11.0. The van der Waals surface area contributed by atoms with Gasteiger partial charge in [0, 0.05) is 28.8 Å². The highest BCUT2D eigenvalue weighted by Gasteiger charge is 2.11. The number of hydrogen-bond acceptors (Lipinski definition) is 7. The highest BCUT2D eigenvalue weighted by Crippen LogP contribution is 2.29. The Morgan fingerprint density at radius 3 is 2.48 bits per heavy atom. The van der Waals surface area contributed by atoms with Crippen LogP contribution in [0.1, 0.15) is 16.7 Å². The van der Waals surface area contributed by atoms with E-state index in [-0.39, 0.29) is 18.3 Å². The van der Waals surface area contributed by atoms with Crippen LogP contribution in [0.3, 0.4) is 0 Å². The predicted molar refractivity (Wildman–Crippen MR) is 115 cm³/mol. The molecule has 0 unspecified atom stereocenters. The molecule has 7 nitrogen and oxygen atoms in total. The number of aliphatic hydroxyl groups is 1. The van der Waals surface area contributed by atoms with Crippen molar-refractivity contribution in [1.29, 1.82) is 0 Å². The van der Waals surface area contributed by atoms with Gasteiger partial charge in [-0.3, -0.25) is 0 Å². The smallest absolute Gasteiger partial charge is 0.222 e. The van der Waals surface area contributed by atoms with Crippen molar-refractivity contribution in [3.63, 3.8) is 0 Å². The van der Waals surface area contributed by atoms with Crippen LogP contribution in [0, 0.1) is 0 Å². The van der Waals surface area contributed by atoms with E-state index in [0.717, 1.165) is 17.5 Å². The van der Waals surface area contributed by atoms with Crippen LogP contribution >= 0.6 is 11.6 Å². The molecule has 3 aromatic rings. The fourth-order valence-electron chi connectivity index (χ4n) is 2.95. The Balaban J connectivity index is 1.70. The zero-order chi connectivity index (χ0) is 20.8. The number of hydrogen-bond donors (Lipinski definition) is 4. The number of benzene rings is 2. The highest BCUT2D eigenvalue weighted by molar-refractivity contribution is 7.71. The number of thiol groups is 1. The zero-order valence-corrected chi connectivity index (χ0v) is 17.2. The van der Waals surface area contributed by atoms with Gasteiger partial charge >= 0.3 is 0 Å². The zero-order valence-electron chi connectivity index (χ0n) is 15.5. The Kier molecular flexibility index (Phi) is 7.03. The van der Waals surface area contributed by atoms with Crippen LogP contribution in [0.15, 0.2) is 48.5 Å². The van der Waals surface area contributed by atoms with Crippen molar-refractivity contribution in [3.8, 4) is 11.3 Å². The second kappa shape index (κ2) is 9.69. The van der Waals surface area contributed by atoms with Crippen LogP contribution in [0.2, 0.25) is 5.02 Å². The lowest BCUT2D eigenvalue weighted by Crippen LogP contribution is -2.09. The van der Waals surface area contributed by atoms with E-state index in [1.807, 2.05) is 30.3 Å². The number of halogens is 1. The number of anilines is 2. The van der Waals surface area contributed by atoms with Gasteiger partial charge in [0.15, 0.2) is 0 Å². The molecule has 29 heavy (non-hydrogen) atoms. The first-order chi connectivity index (χ1) is 14.0. The molecule has 1 aromatic heterocycles. The van der Waals surface area contributed by atoms with E-state index < -0.39 is 10.7 Å². The maximum absolute atomic E-state index is 10.8. The second-order valence-electron chi connectivity index (χ2n) is 6.40. The third-order valence-electron chi connectivity index (χ3n) is 4.35. The molecular formula is C20H21ClN4O3S. The topological polar surface area (TPSA) is 118 Å². The molecule has 152 valence electrons. The first-order valence-electron chi connectivity index (χ1n) is 8.93. The molecule has 0 amide bonds. The van der Waals surface area contributed by atoms with E-state index >= 15 is 0 Å². The Morgan fingerprint density at radius 1 is 1.07 bits per heavy atom. The molecule has 0 spiro atoms. The van der Waals surface area contributed by atoms with Crippen LogP contribution in [0.25, 0.3) is 11.3 Å². The second-order valence-corrected chi connectivity index (χ2v) is 7.79. The van der Waals surface area contributed by atoms with Crippen LogP contribution in [-0.2, 0) is 29.5 Å². The third-order valence-corrected chi connectivity index (χ3v) is 5.33. The molecular weight excluding hydrogens is 412 g/mol. The number of rotatable bonds is 8. The molecule has 3 rings (SSSR count). The van der Waals surface area contributed by atoms with Crippen LogP contribution in [0.4, 0.5) is 11.8 Å². The van der Waals surface area contributed by atoms with Gasteiger partial charge in [-0.2, -0.15) is 4.98 Å². The summed E-state index contributed by atoms with van der Waals surface area (Å²) < 4.78 is 21.6. The average molecular weight is 433 g/mol. The van der Waals surface area contributed by atoms with Crippen molar-refractivity contribution in [2.75, 3.05) is 17.6 Å². The number of nitrogens with zero attached hydrogens (tertiary/aromatic N) is 2. The first kappa shape index (κ1) is 21.0. The minimum absolute atomic E-state index is 0.0518. The van der Waals surface area contributed by atoms with Gasteiger partial charge in [0.1, 0.15) is 16.5 Å².